The zero-order valence-corrected chi connectivity index (χ0v) is 18.5. The van der Waals surface area contributed by atoms with E-state index in [1.165, 1.54) is 0 Å². The molecule has 2 aromatic heterocycles. The predicted octanol–water partition coefficient (Wildman–Crippen LogP) is 2.25. The van der Waals surface area contributed by atoms with Crippen LogP contribution in [0.15, 0.2) is 41.2 Å². The van der Waals surface area contributed by atoms with Gasteiger partial charge in [-0.05, 0) is 48.7 Å². The molecule has 172 valence electrons. The second kappa shape index (κ2) is 7.62. The SMILES string of the molecule is CCn1nc(-c2ccc3c(c2)CCN3C(=O)Cc2ccc3c(c2)OCO3)c2c(N)n[nH]c(=O)c21. The van der Waals surface area contributed by atoms with E-state index >= 15 is 0 Å². The average Bonchev–Trinajstić information content (AvgIpc) is 3.57. The number of ether oxygens (including phenoxy) is 2. The minimum atomic E-state index is -0.328. The summed E-state index contributed by atoms with van der Waals surface area (Å²) in [6.07, 6.45) is 1.01. The molecule has 0 aliphatic carbocycles. The Kier molecular flexibility index (Phi) is 4.54. The van der Waals surface area contributed by atoms with Crippen LogP contribution in [0.1, 0.15) is 18.1 Å². The van der Waals surface area contributed by atoms with Gasteiger partial charge in [0.25, 0.3) is 5.56 Å². The van der Waals surface area contributed by atoms with Crippen LogP contribution in [0.3, 0.4) is 0 Å². The van der Waals surface area contributed by atoms with E-state index in [0.717, 1.165) is 28.8 Å². The van der Waals surface area contributed by atoms with Crippen molar-refractivity contribution in [3.63, 3.8) is 0 Å². The van der Waals surface area contributed by atoms with Crippen LogP contribution in [0.4, 0.5) is 11.5 Å². The molecule has 0 bridgehead atoms. The highest BCUT2D eigenvalue weighted by atomic mass is 16.7. The molecule has 10 nitrogen and oxygen atoms in total. The molecule has 4 heterocycles. The average molecular weight is 458 g/mol. The molecule has 4 aromatic rings. The molecule has 34 heavy (non-hydrogen) atoms. The number of hydrogen-bond donors (Lipinski definition) is 2. The Hall–Kier alpha value is -4.34. The number of amides is 1. The molecule has 0 spiro atoms. The number of aromatic amines is 1. The van der Waals surface area contributed by atoms with Crippen molar-refractivity contribution in [2.45, 2.75) is 26.3 Å². The molecule has 2 aromatic carbocycles. The van der Waals surface area contributed by atoms with E-state index in [4.69, 9.17) is 15.2 Å². The highest BCUT2D eigenvalue weighted by molar-refractivity contribution is 6.01. The molecular formula is C24H22N6O4. The summed E-state index contributed by atoms with van der Waals surface area (Å²) in [6.45, 7) is 3.25. The van der Waals surface area contributed by atoms with Gasteiger partial charge in [0.2, 0.25) is 12.7 Å². The third-order valence-corrected chi connectivity index (χ3v) is 6.34. The van der Waals surface area contributed by atoms with Crippen LogP contribution >= 0.6 is 0 Å². The maximum absolute atomic E-state index is 13.1. The van der Waals surface area contributed by atoms with E-state index in [9.17, 15) is 9.59 Å². The molecule has 2 aliphatic heterocycles. The first-order chi connectivity index (χ1) is 16.5. The van der Waals surface area contributed by atoms with Gasteiger partial charge < -0.3 is 20.1 Å². The monoisotopic (exact) mass is 458 g/mol. The number of carbonyl (C=O) groups is 1. The van der Waals surface area contributed by atoms with Gasteiger partial charge in [-0.25, -0.2) is 5.10 Å². The minimum absolute atomic E-state index is 0.0195. The quantitative estimate of drug-likeness (QED) is 0.480. The maximum atomic E-state index is 13.1. The normalized spacial score (nSPS) is 14.1. The Morgan fingerprint density at radius 3 is 2.88 bits per heavy atom. The number of nitrogens with zero attached hydrogens (tertiary/aromatic N) is 4. The van der Waals surface area contributed by atoms with Gasteiger partial charge in [0.1, 0.15) is 11.2 Å². The van der Waals surface area contributed by atoms with Gasteiger partial charge in [-0.2, -0.15) is 10.2 Å². The van der Waals surface area contributed by atoms with Crippen LogP contribution in [0.5, 0.6) is 11.5 Å². The molecule has 0 radical (unpaired) electrons. The van der Waals surface area contributed by atoms with Crippen molar-refractivity contribution in [3.8, 4) is 22.8 Å². The summed E-state index contributed by atoms with van der Waals surface area (Å²) in [4.78, 5) is 27.3. The van der Waals surface area contributed by atoms with Crippen LogP contribution in [0.25, 0.3) is 22.2 Å². The third kappa shape index (κ3) is 3.10. The van der Waals surface area contributed by atoms with E-state index in [2.05, 4.69) is 15.3 Å². The maximum Gasteiger partial charge on any atom is 0.290 e. The lowest BCUT2D eigenvalue weighted by Gasteiger charge is -2.18. The van der Waals surface area contributed by atoms with Gasteiger partial charge >= 0.3 is 0 Å². The largest absolute Gasteiger partial charge is 0.454 e. The fourth-order valence-corrected chi connectivity index (χ4v) is 4.72. The molecule has 0 saturated carbocycles. The molecule has 6 rings (SSSR count). The van der Waals surface area contributed by atoms with Crippen molar-refractivity contribution in [1.82, 2.24) is 20.0 Å². The molecule has 10 heteroatoms. The highest BCUT2D eigenvalue weighted by Gasteiger charge is 2.27. The number of anilines is 2. The van der Waals surface area contributed by atoms with Gasteiger partial charge in [-0.3, -0.25) is 14.3 Å². The summed E-state index contributed by atoms with van der Waals surface area (Å²) in [5, 5.41) is 11.5. The summed E-state index contributed by atoms with van der Waals surface area (Å²) in [6, 6.07) is 11.4. The number of aryl methyl sites for hydroxylation is 1. The van der Waals surface area contributed by atoms with E-state index in [-0.39, 0.29) is 30.5 Å². The lowest BCUT2D eigenvalue weighted by atomic mass is 10.0. The van der Waals surface area contributed by atoms with Crippen LogP contribution in [-0.4, -0.2) is 39.2 Å². The minimum Gasteiger partial charge on any atom is -0.454 e. The number of fused-ring (bicyclic) bond motifs is 3. The van der Waals surface area contributed by atoms with Gasteiger partial charge in [-0.15, -0.1) is 0 Å². The van der Waals surface area contributed by atoms with Crippen molar-refractivity contribution in [2.75, 3.05) is 24.0 Å². The summed E-state index contributed by atoms with van der Waals surface area (Å²) < 4.78 is 12.4. The second-order valence-electron chi connectivity index (χ2n) is 8.33. The van der Waals surface area contributed by atoms with Gasteiger partial charge in [0.15, 0.2) is 17.3 Å². The topological polar surface area (TPSA) is 128 Å². The summed E-state index contributed by atoms with van der Waals surface area (Å²) >= 11 is 0. The van der Waals surface area contributed by atoms with Crippen molar-refractivity contribution >= 4 is 28.3 Å². The van der Waals surface area contributed by atoms with Gasteiger partial charge in [0, 0.05) is 24.3 Å². The molecule has 0 fully saturated rings. The summed E-state index contributed by atoms with van der Waals surface area (Å²) in [5.74, 6) is 1.62. The van der Waals surface area contributed by atoms with Crippen LogP contribution < -0.4 is 25.7 Å². The Balaban J connectivity index is 1.32. The van der Waals surface area contributed by atoms with Crippen LogP contribution in [-0.2, 0) is 24.2 Å². The van der Waals surface area contributed by atoms with Gasteiger partial charge in [-0.1, -0.05) is 12.1 Å². The van der Waals surface area contributed by atoms with E-state index in [1.807, 2.05) is 48.2 Å². The third-order valence-electron chi connectivity index (χ3n) is 6.34. The molecule has 1 amide bonds. The van der Waals surface area contributed by atoms with E-state index < -0.39 is 0 Å². The lowest BCUT2D eigenvalue weighted by Crippen LogP contribution is -2.30. The van der Waals surface area contributed by atoms with Crippen molar-refractivity contribution in [2.24, 2.45) is 0 Å². The number of rotatable bonds is 4. The molecule has 2 aliphatic rings. The Labute approximate surface area is 193 Å². The summed E-state index contributed by atoms with van der Waals surface area (Å²) in [7, 11) is 0. The first-order valence-electron chi connectivity index (χ1n) is 11.1. The molecular weight excluding hydrogens is 436 g/mol. The van der Waals surface area contributed by atoms with Gasteiger partial charge in [0.05, 0.1) is 11.8 Å². The zero-order chi connectivity index (χ0) is 23.4. The van der Waals surface area contributed by atoms with E-state index in [1.54, 1.807) is 4.68 Å². The number of aromatic nitrogens is 4. The number of carbonyl (C=O) groups excluding carboxylic acids is 1. The fourth-order valence-electron chi connectivity index (χ4n) is 4.72. The summed E-state index contributed by atoms with van der Waals surface area (Å²) in [5.41, 5.74) is 10.4. The van der Waals surface area contributed by atoms with Crippen LogP contribution in [0, 0.1) is 0 Å². The molecule has 3 N–H and O–H groups in total. The van der Waals surface area contributed by atoms with Crippen molar-refractivity contribution in [1.29, 1.82) is 0 Å². The molecule has 0 saturated heterocycles. The fraction of sp³-hybridized carbons (Fsp3) is 0.250. The zero-order valence-electron chi connectivity index (χ0n) is 18.5. The van der Waals surface area contributed by atoms with E-state index in [0.29, 0.717) is 41.2 Å². The predicted molar refractivity (Wildman–Crippen MR) is 126 cm³/mol. The number of nitrogens with one attached hydrogen (secondary N) is 1. The smallest absolute Gasteiger partial charge is 0.290 e. The molecule has 0 atom stereocenters. The first kappa shape index (κ1) is 20.3. The number of hydrogen-bond acceptors (Lipinski definition) is 7. The number of H-pyrrole nitrogens is 1. The molecule has 0 unspecified atom stereocenters. The lowest BCUT2D eigenvalue weighted by molar-refractivity contribution is -0.117. The Morgan fingerprint density at radius 1 is 1.18 bits per heavy atom. The standard InChI is InChI=1S/C24H22N6O4/c1-2-30-22-20(23(25)26-27-24(22)32)21(28-30)15-4-5-16-14(11-15)7-8-29(16)19(31)10-13-3-6-17-18(9-13)34-12-33-17/h3-6,9,11H,2,7-8,10,12H2,1H3,(H2,25,26)(H,27,32). The second-order valence-corrected chi connectivity index (χ2v) is 8.33. The number of nitrogens with two attached hydrogens (primary N) is 1. The number of nitrogen functional groups attached to an aromatic ring is 1. The highest BCUT2D eigenvalue weighted by Crippen LogP contribution is 2.36. The number of benzene rings is 2. The first-order valence-corrected chi connectivity index (χ1v) is 11.1. The van der Waals surface area contributed by atoms with Crippen LogP contribution in [0.2, 0.25) is 0 Å². The van der Waals surface area contributed by atoms with Crippen molar-refractivity contribution in [3.05, 3.63) is 57.9 Å². The Bertz CT molecular complexity index is 1520. The van der Waals surface area contributed by atoms with Crippen molar-refractivity contribution < 1.29 is 14.3 Å². The Morgan fingerprint density at radius 2 is 2.03 bits per heavy atom.